The standard InChI is InChI=1S/C15H13BrFNO/c16-14-11(7-4-8-12(14)17)9-13(19)15(18)10-5-2-1-3-6-10/h1-8,15H,9,18H2/t15-/m1/s1. The van der Waals surface area contributed by atoms with E-state index in [1.54, 1.807) is 12.1 Å². The zero-order valence-electron chi connectivity index (χ0n) is 10.1. The van der Waals surface area contributed by atoms with E-state index < -0.39 is 6.04 Å². The summed E-state index contributed by atoms with van der Waals surface area (Å²) in [6.07, 6.45) is 0.106. The number of rotatable bonds is 4. The lowest BCUT2D eigenvalue weighted by atomic mass is 9.98. The summed E-state index contributed by atoms with van der Waals surface area (Å²) in [5, 5.41) is 0. The first kappa shape index (κ1) is 13.9. The molecule has 0 saturated heterocycles. The van der Waals surface area contributed by atoms with E-state index in [4.69, 9.17) is 5.73 Å². The summed E-state index contributed by atoms with van der Waals surface area (Å²) in [5.41, 5.74) is 7.29. The molecule has 0 saturated carbocycles. The van der Waals surface area contributed by atoms with Crippen LogP contribution in [0.25, 0.3) is 0 Å². The lowest BCUT2D eigenvalue weighted by molar-refractivity contribution is -0.119. The Bertz CT molecular complexity index is 586. The molecule has 2 rings (SSSR count). The lowest BCUT2D eigenvalue weighted by Crippen LogP contribution is -2.23. The van der Waals surface area contributed by atoms with E-state index in [0.29, 0.717) is 10.0 Å². The smallest absolute Gasteiger partial charge is 0.158 e. The van der Waals surface area contributed by atoms with Gasteiger partial charge in [-0.15, -0.1) is 0 Å². The molecule has 2 aromatic rings. The first-order valence-corrected chi connectivity index (χ1v) is 6.65. The molecule has 0 amide bonds. The van der Waals surface area contributed by atoms with Crippen LogP contribution in [0.2, 0.25) is 0 Å². The Labute approximate surface area is 119 Å². The summed E-state index contributed by atoms with van der Waals surface area (Å²) in [6, 6.07) is 13.1. The normalized spacial score (nSPS) is 12.2. The van der Waals surface area contributed by atoms with Gasteiger partial charge in [0.25, 0.3) is 0 Å². The fraction of sp³-hybridized carbons (Fsp3) is 0.133. The van der Waals surface area contributed by atoms with Crippen molar-refractivity contribution in [3.8, 4) is 0 Å². The van der Waals surface area contributed by atoms with Crippen molar-refractivity contribution in [3.05, 3.63) is 69.9 Å². The van der Waals surface area contributed by atoms with Gasteiger partial charge in [-0.25, -0.2) is 4.39 Å². The highest BCUT2D eigenvalue weighted by Crippen LogP contribution is 2.22. The Morgan fingerprint density at radius 1 is 1.16 bits per heavy atom. The van der Waals surface area contributed by atoms with Gasteiger partial charge in [-0.05, 0) is 33.1 Å². The molecular weight excluding hydrogens is 309 g/mol. The SMILES string of the molecule is N[C@@H](C(=O)Cc1cccc(F)c1Br)c1ccccc1. The molecule has 0 aromatic heterocycles. The number of benzene rings is 2. The van der Waals surface area contributed by atoms with Crippen molar-refractivity contribution in [1.82, 2.24) is 0 Å². The fourth-order valence-electron chi connectivity index (χ4n) is 1.83. The minimum absolute atomic E-state index is 0.106. The summed E-state index contributed by atoms with van der Waals surface area (Å²) in [5.74, 6) is -0.518. The molecule has 2 N–H and O–H groups in total. The quantitative estimate of drug-likeness (QED) is 0.937. The van der Waals surface area contributed by atoms with Crippen molar-refractivity contribution in [2.75, 3.05) is 0 Å². The number of halogens is 2. The molecule has 0 unspecified atom stereocenters. The number of nitrogens with two attached hydrogens (primary N) is 1. The minimum atomic E-state index is -0.684. The van der Waals surface area contributed by atoms with Gasteiger partial charge < -0.3 is 5.73 Å². The molecule has 0 aliphatic heterocycles. The van der Waals surface area contributed by atoms with Gasteiger partial charge in [0.1, 0.15) is 5.82 Å². The largest absolute Gasteiger partial charge is 0.318 e. The second kappa shape index (κ2) is 6.08. The van der Waals surface area contributed by atoms with Crippen LogP contribution in [0.3, 0.4) is 0 Å². The van der Waals surface area contributed by atoms with Gasteiger partial charge in [-0.1, -0.05) is 42.5 Å². The molecule has 1 atom stereocenters. The van der Waals surface area contributed by atoms with Gasteiger partial charge in [0.15, 0.2) is 5.78 Å². The van der Waals surface area contributed by atoms with Crippen LogP contribution >= 0.6 is 15.9 Å². The first-order chi connectivity index (χ1) is 9.09. The van der Waals surface area contributed by atoms with Gasteiger partial charge in [0.05, 0.1) is 10.5 Å². The zero-order valence-corrected chi connectivity index (χ0v) is 11.7. The number of ketones is 1. The van der Waals surface area contributed by atoms with Gasteiger partial charge in [0.2, 0.25) is 0 Å². The molecule has 0 spiro atoms. The fourth-order valence-corrected chi connectivity index (χ4v) is 2.23. The minimum Gasteiger partial charge on any atom is -0.318 e. The molecule has 0 heterocycles. The summed E-state index contributed by atoms with van der Waals surface area (Å²) < 4.78 is 13.7. The number of hydrogen-bond acceptors (Lipinski definition) is 2. The van der Waals surface area contributed by atoms with Crippen LogP contribution in [0.1, 0.15) is 17.2 Å². The van der Waals surface area contributed by atoms with Crippen LogP contribution in [0.15, 0.2) is 53.0 Å². The number of hydrogen-bond donors (Lipinski definition) is 1. The summed E-state index contributed by atoms with van der Waals surface area (Å²) in [6.45, 7) is 0. The van der Waals surface area contributed by atoms with Gasteiger partial charge in [0, 0.05) is 6.42 Å². The monoisotopic (exact) mass is 321 g/mol. The highest BCUT2D eigenvalue weighted by Gasteiger charge is 2.17. The van der Waals surface area contributed by atoms with Gasteiger partial charge in [-0.3, -0.25) is 4.79 Å². The molecule has 4 heteroatoms. The maximum absolute atomic E-state index is 13.4. The second-order valence-electron chi connectivity index (χ2n) is 4.24. The zero-order chi connectivity index (χ0) is 13.8. The second-order valence-corrected chi connectivity index (χ2v) is 5.04. The molecule has 0 aliphatic carbocycles. The number of carbonyl (C=O) groups is 1. The average Bonchev–Trinajstić information content (AvgIpc) is 2.44. The summed E-state index contributed by atoms with van der Waals surface area (Å²) >= 11 is 3.15. The number of Topliss-reactive ketones (excluding diaryl/α,β-unsaturated/α-hetero) is 1. The van der Waals surface area contributed by atoms with E-state index in [9.17, 15) is 9.18 Å². The van der Waals surface area contributed by atoms with Crippen LogP contribution in [0, 0.1) is 5.82 Å². The first-order valence-electron chi connectivity index (χ1n) is 5.85. The van der Waals surface area contributed by atoms with E-state index in [1.165, 1.54) is 6.07 Å². The highest BCUT2D eigenvalue weighted by molar-refractivity contribution is 9.10. The molecule has 98 valence electrons. The lowest BCUT2D eigenvalue weighted by Gasteiger charge is -2.11. The molecule has 2 nitrogen and oxygen atoms in total. The Kier molecular flexibility index (Phi) is 4.45. The molecular formula is C15H13BrFNO. The van der Waals surface area contributed by atoms with Crippen molar-refractivity contribution in [2.45, 2.75) is 12.5 Å². The van der Waals surface area contributed by atoms with Crippen molar-refractivity contribution in [3.63, 3.8) is 0 Å². The van der Waals surface area contributed by atoms with E-state index in [-0.39, 0.29) is 18.0 Å². The predicted octanol–water partition coefficient (Wildman–Crippen LogP) is 3.40. The molecule has 19 heavy (non-hydrogen) atoms. The van der Waals surface area contributed by atoms with Crippen LogP contribution in [0.4, 0.5) is 4.39 Å². The maximum Gasteiger partial charge on any atom is 0.158 e. The van der Waals surface area contributed by atoms with Crippen molar-refractivity contribution in [1.29, 1.82) is 0 Å². The molecule has 2 aromatic carbocycles. The van der Waals surface area contributed by atoms with Crippen LogP contribution in [0.5, 0.6) is 0 Å². The van der Waals surface area contributed by atoms with E-state index >= 15 is 0 Å². The van der Waals surface area contributed by atoms with Crippen LogP contribution in [-0.2, 0) is 11.2 Å². The average molecular weight is 322 g/mol. The highest BCUT2D eigenvalue weighted by atomic mass is 79.9. The molecule has 0 radical (unpaired) electrons. The van der Waals surface area contributed by atoms with E-state index in [2.05, 4.69) is 15.9 Å². The topological polar surface area (TPSA) is 43.1 Å². The number of carbonyl (C=O) groups excluding carboxylic acids is 1. The molecule has 0 bridgehead atoms. The van der Waals surface area contributed by atoms with Gasteiger partial charge in [-0.2, -0.15) is 0 Å². The third-order valence-electron chi connectivity index (χ3n) is 2.90. The van der Waals surface area contributed by atoms with E-state index in [0.717, 1.165) is 5.56 Å². The molecule has 0 aliphatic rings. The predicted molar refractivity (Wildman–Crippen MR) is 76.2 cm³/mol. The Hall–Kier alpha value is -1.52. The van der Waals surface area contributed by atoms with Crippen molar-refractivity contribution in [2.24, 2.45) is 5.73 Å². The maximum atomic E-state index is 13.4. The van der Waals surface area contributed by atoms with E-state index in [1.807, 2.05) is 30.3 Å². The molecule has 0 fully saturated rings. The van der Waals surface area contributed by atoms with Crippen molar-refractivity contribution < 1.29 is 9.18 Å². The summed E-state index contributed by atoms with van der Waals surface area (Å²) in [7, 11) is 0. The van der Waals surface area contributed by atoms with Crippen LogP contribution in [-0.4, -0.2) is 5.78 Å². The Morgan fingerprint density at radius 2 is 1.84 bits per heavy atom. The Morgan fingerprint density at radius 3 is 2.53 bits per heavy atom. The third kappa shape index (κ3) is 3.28. The van der Waals surface area contributed by atoms with Gasteiger partial charge >= 0.3 is 0 Å². The van der Waals surface area contributed by atoms with Crippen LogP contribution < -0.4 is 5.73 Å². The van der Waals surface area contributed by atoms with Crippen molar-refractivity contribution >= 4 is 21.7 Å². The Balaban J connectivity index is 2.15. The third-order valence-corrected chi connectivity index (χ3v) is 3.79. The summed E-state index contributed by atoms with van der Waals surface area (Å²) in [4.78, 5) is 12.1.